The molecule has 0 radical (unpaired) electrons. The number of carbonyl (C=O) groups is 3. The van der Waals surface area contributed by atoms with Crippen molar-refractivity contribution in [3.05, 3.63) is 71.0 Å². The van der Waals surface area contributed by atoms with E-state index in [0.717, 1.165) is 11.1 Å². The van der Waals surface area contributed by atoms with Gasteiger partial charge in [-0.25, -0.2) is 9.59 Å². The highest BCUT2D eigenvalue weighted by atomic mass is 16.6. The second kappa shape index (κ2) is 9.33. The molecule has 0 amide bonds. The molecule has 2 aliphatic carbocycles. The molecule has 1 saturated heterocycles. The summed E-state index contributed by atoms with van der Waals surface area (Å²) < 4.78 is 17.5. The Morgan fingerprint density at radius 1 is 1.18 bits per heavy atom. The van der Waals surface area contributed by atoms with Gasteiger partial charge in [0.2, 0.25) is 6.10 Å². The molecule has 0 aromatic heterocycles. The molecule has 4 N–H and O–H groups in total. The number of esters is 2. The number of hydrogen-bond donors (Lipinski definition) is 4. The summed E-state index contributed by atoms with van der Waals surface area (Å²) in [6.07, 6.45) is -2.49. The Balaban J connectivity index is 1.34. The van der Waals surface area contributed by atoms with Crippen LogP contribution < -0.4 is 4.74 Å². The van der Waals surface area contributed by atoms with Gasteiger partial charge in [-0.05, 0) is 44.1 Å². The number of aliphatic hydroxyl groups is 2. The lowest BCUT2D eigenvalue weighted by atomic mass is 9.50. The van der Waals surface area contributed by atoms with Crippen LogP contribution in [0, 0.1) is 0 Å². The molecule has 210 valence electrons. The number of nitrogens with zero attached hydrogens (tertiary/aromatic N) is 1. The second-order valence-electron chi connectivity index (χ2n) is 10.9. The zero-order valence-corrected chi connectivity index (χ0v) is 21.6. The average Bonchev–Trinajstić information content (AvgIpc) is 3.29. The Hall–Kier alpha value is -3.93. The fourth-order valence-corrected chi connectivity index (χ4v) is 6.91. The molecule has 1 fully saturated rings. The van der Waals surface area contributed by atoms with Gasteiger partial charge in [0.15, 0.2) is 23.7 Å². The standard InChI is InChI=1S/C29H29NO10/c1-30-12-11-28-22-16-7-8-17(31)24(22)40-25(28)19(9-10-29(28,37)20(30)13-16)38-27(36)23(15-5-3-2-4-6-15)39-21(33)14-18(32)26(34)35/h2-9,18,20,23,25,31-32,37H,10-14H2,1H3,(H,34,35)/t18-,20+,23-,25?,28?,29+/m0/s1. The zero-order chi connectivity index (χ0) is 28.4. The Bertz CT molecular complexity index is 1420. The van der Waals surface area contributed by atoms with Crippen LogP contribution in [-0.2, 0) is 35.7 Å². The molecule has 11 heteroatoms. The maximum absolute atomic E-state index is 13.6. The number of aromatic hydroxyl groups is 1. The number of benzene rings is 2. The minimum absolute atomic E-state index is 0.0685. The van der Waals surface area contributed by atoms with Crippen molar-refractivity contribution >= 4 is 17.9 Å². The van der Waals surface area contributed by atoms with Crippen molar-refractivity contribution < 1.29 is 49.0 Å². The predicted molar refractivity (Wildman–Crippen MR) is 136 cm³/mol. The highest BCUT2D eigenvalue weighted by Gasteiger charge is 2.72. The Kier molecular flexibility index (Phi) is 6.13. The third-order valence-electron chi connectivity index (χ3n) is 8.78. The van der Waals surface area contributed by atoms with Crippen LogP contribution in [0.15, 0.2) is 54.3 Å². The van der Waals surface area contributed by atoms with E-state index in [1.54, 1.807) is 42.5 Å². The summed E-state index contributed by atoms with van der Waals surface area (Å²) in [5.74, 6) is -3.33. The van der Waals surface area contributed by atoms with E-state index in [1.807, 2.05) is 13.1 Å². The normalized spacial score (nSPS) is 29.3. The van der Waals surface area contributed by atoms with Gasteiger partial charge in [-0.15, -0.1) is 0 Å². The van der Waals surface area contributed by atoms with Crippen LogP contribution in [0.5, 0.6) is 11.5 Å². The Labute approximate surface area is 229 Å². The first-order chi connectivity index (χ1) is 19.1. The van der Waals surface area contributed by atoms with Gasteiger partial charge in [0.1, 0.15) is 5.76 Å². The van der Waals surface area contributed by atoms with Crippen molar-refractivity contribution in [2.45, 2.75) is 61.1 Å². The molecule has 2 heterocycles. The summed E-state index contributed by atoms with van der Waals surface area (Å²) in [7, 11) is 1.96. The van der Waals surface area contributed by atoms with Gasteiger partial charge < -0.3 is 39.5 Å². The second-order valence-corrected chi connectivity index (χ2v) is 10.9. The van der Waals surface area contributed by atoms with Crippen LogP contribution in [0.25, 0.3) is 0 Å². The number of likely N-dealkylation sites (tertiary alicyclic amines) is 1. The molecular weight excluding hydrogens is 522 g/mol. The average molecular weight is 552 g/mol. The van der Waals surface area contributed by atoms with Gasteiger partial charge >= 0.3 is 17.9 Å². The van der Waals surface area contributed by atoms with E-state index >= 15 is 0 Å². The van der Waals surface area contributed by atoms with Crippen molar-refractivity contribution in [2.75, 3.05) is 13.6 Å². The number of ether oxygens (including phenoxy) is 3. The summed E-state index contributed by atoms with van der Waals surface area (Å²) in [5.41, 5.74) is -0.243. The predicted octanol–water partition coefficient (Wildman–Crippen LogP) is 1.33. The highest BCUT2D eigenvalue weighted by molar-refractivity contribution is 5.84. The van der Waals surface area contributed by atoms with E-state index in [9.17, 15) is 29.7 Å². The third kappa shape index (κ3) is 3.72. The number of carboxylic acids is 1. The largest absolute Gasteiger partial charge is 0.504 e. The van der Waals surface area contributed by atoms with Gasteiger partial charge in [-0.2, -0.15) is 0 Å². The van der Waals surface area contributed by atoms with E-state index in [-0.39, 0.29) is 35.3 Å². The number of carboxylic acid groups (broad SMARTS) is 1. The van der Waals surface area contributed by atoms with Crippen LogP contribution in [0.3, 0.4) is 0 Å². The van der Waals surface area contributed by atoms with Gasteiger partial charge in [0.25, 0.3) is 0 Å². The maximum Gasteiger partial charge on any atom is 0.357 e. The Morgan fingerprint density at radius 2 is 1.93 bits per heavy atom. The van der Waals surface area contributed by atoms with Gasteiger partial charge in [0.05, 0.1) is 17.4 Å². The summed E-state index contributed by atoms with van der Waals surface area (Å²) in [6.45, 7) is 0.652. The first-order valence-corrected chi connectivity index (χ1v) is 13.1. The summed E-state index contributed by atoms with van der Waals surface area (Å²) in [6, 6.07) is 11.3. The van der Waals surface area contributed by atoms with Crippen molar-refractivity contribution in [1.29, 1.82) is 0 Å². The molecule has 6 atom stereocenters. The molecule has 0 saturated carbocycles. The number of phenols is 1. The molecule has 2 aliphatic heterocycles. The number of likely N-dealkylation sites (N-methyl/N-ethyl adjacent to an activating group) is 1. The first-order valence-electron chi connectivity index (χ1n) is 13.1. The molecule has 6 rings (SSSR count). The lowest BCUT2D eigenvalue weighted by molar-refractivity contribution is -0.177. The third-order valence-corrected chi connectivity index (χ3v) is 8.78. The van der Waals surface area contributed by atoms with Crippen LogP contribution in [0.1, 0.15) is 42.1 Å². The highest BCUT2D eigenvalue weighted by Crippen LogP contribution is 2.65. The van der Waals surface area contributed by atoms with Crippen molar-refractivity contribution in [2.24, 2.45) is 0 Å². The molecule has 1 spiro atoms. The number of piperidine rings is 1. The fraction of sp³-hybridized carbons (Fsp3) is 0.414. The molecule has 4 aliphatic rings. The van der Waals surface area contributed by atoms with Gasteiger partial charge in [-0.3, -0.25) is 4.79 Å². The monoisotopic (exact) mass is 551 g/mol. The number of aliphatic hydroxyl groups excluding tert-OH is 1. The number of phenolic OH excluding ortho intramolecular Hbond substituents is 1. The lowest BCUT2D eigenvalue weighted by Gasteiger charge is -2.61. The quantitative estimate of drug-likeness (QED) is 0.367. The fourth-order valence-electron chi connectivity index (χ4n) is 6.91. The van der Waals surface area contributed by atoms with E-state index in [1.165, 1.54) is 0 Å². The minimum Gasteiger partial charge on any atom is -0.504 e. The van der Waals surface area contributed by atoms with E-state index in [4.69, 9.17) is 19.3 Å². The number of rotatable bonds is 7. The molecule has 2 aromatic carbocycles. The zero-order valence-electron chi connectivity index (χ0n) is 21.6. The van der Waals surface area contributed by atoms with Gasteiger partial charge in [0, 0.05) is 23.6 Å². The van der Waals surface area contributed by atoms with Crippen LogP contribution >= 0.6 is 0 Å². The summed E-state index contributed by atoms with van der Waals surface area (Å²) in [5, 5.41) is 41.4. The van der Waals surface area contributed by atoms with Crippen LogP contribution in [0.4, 0.5) is 0 Å². The van der Waals surface area contributed by atoms with E-state index in [0.29, 0.717) is 19.4 Å². The topological polar surface area (TPSA) is 163 Å². The van der Waals surface area contributed by atoms with Crippen LogP contribution in [0.2, 0.25) is 0 Å². The van der Waals surface area contributed by atoms with Crippen molar-refractivity contribution in [1.82, 2.24) is 4.90 Å². The number of aliphatic carboxylic acids is 1. The maximum atomic E-state index is 13.6. The first kappa shape index (κ1) is 26.3. The molecule has 2 unspecified atom stereocenters. The van der Waals surface area contributed by atoms with Crippen molar-refractivity contribution in [3.8, 4) is 11.5 Å². The smallest absolute Gasteiger partial charge is 0.357 e. The lowest BCUT2D eigenvalue weighted by Crippen LogP contribution is -2.74. The SMILES string of the molecule is CN1CCC23c4c5ccc(O)c4OC2C(OC(=O)[C@@H](OC(=O)C[C@H](O)C(=O)O)c2ccccc2)=CC[C@@]3(O)[C@H]1C5. The number of hydrogen-bond acceptors (Lipinski definition) is 10. The van der Waals surface area contributed by atoms with Crippen LogP contribution in [-0.4, -0.2) is 80.7 Å². The van der Waals surface area contributed by atoms with E-state index < -0.39 is 53.7 Å². The van der Waals surface area contributed by atoms with Crippen molar-refractivity contribution in [3.63, 3.8) is 0 Å². The van der Waals surface area contributed by atoms with E-state index in [2.05, 4.69) is 4.90 Å². The molecule has 40 heavy (non-hydrogen) atoms. The summed E-state index contributed by atoms with van der Waals surface area (Å²) in [4.78, 5) is 39.1. The molecular formula is C29H29NO10. The van der Waals surface area contributed by atoms with Gasteiger partial charge in [-0.1, -0.05) is 36.4 Å². The molecule has 2 aromatic rings. The minimum atomic E-state index is -1.99. The molecule has 2 bridgehead atoms. The summed E-state index contributed by atoms with van der Waals surface area (Å²) >= 11 is 0. The number of carbonyl (C=O) groups excluding carboxylic acids is 2. The molecule has 11 nitrogen and oxygen atoms in total. The Morgan fingerprint density at radius 3 is 2.65 bits per heavy atom.